The summed E-state index contributed by atoms with van der Waals surface area (Å²) in [5.41, 5.74) is 3.16. The highest BCUT2D eigenvalue weighted by atomic mass is 19.1. The van der Waals surface area contributed by atoms with Gasteiger partial charge in [0.1, 0.15) is 5.69 Å². The Balaban J connectivity index is 2.29. The van der Waals surface area contributed by atoms with Crippen LogP contribution in [0.25, 0.3) is 11.4 Å². The molecule has 0 amide bonds. The predicted molar refractivity (Wildman–Crippen MR) is 67.8 cm³/mol. The van der Waals surface area contributed by atoms with E-state index in [9.17, 15) is 14.6 Å². The standard InChI is InChI=1S/C14H15FN2O2/c15-11-3-1-5-16-13(11)14-10(8-19)9(7-18)12-4-2-6-17(12)14/h1,3,5,18-19H,2,4,6-8H2. The topological polar surface area (TPSA) is 58.3 Å². The number of aliphatic hydroxyl groups is 2. The predicted octanol–water partition coefficient (Wildman–Crippen LogP) is 1.62. The number of pyridine rings is 1. The lowest BCUT2D eigenvalue weighted by molar-refractivity contribution is 0.260. The second-order valence-electron chi connectivity index (χ2n) is 4.66. The van der Waals surface area contributed by atoms with Gasteiger partial charge in [0.05, 0.1) is 18.9 Å². The van der Waals surface area contributed by atoms with E-state index in [1.54, 1.807) is 0 Å². The van der Waals surface area contributed by atoms with E-state index in [4.69, 9.17) is 0 Å². The van der Waals surface area contributed by atoms with Gasteiger partial charge in [0.15, 0.2) is 5.82 Å². The second-order valence-corrected chi connectivity index (χ2v) is 4.66. The zero-order valence-corrected chi connectivity index (χ0v) is 10.4. The maximum absolute atomic E-state index is 14.0. The summed E-state index contributed by atoms with van der Waals surface area (Å²) in [4.78, 5) is 4.09. The summed E-state index contributed by atoms with van der Waals surface area (Å²) in [6, 6.07) is 2.90. The van der Waals surface area contributed by atoms with Crippen LogP contribution in [0.4, 0.5) is 4.39 Å². The van der Waals surface area contributed by atoms with Crippen molar-refractivity contribution in [3.8, 4) is 11.4 Å². The van der Waals surface area contributed by atoms with Crippen LogP contribution < -0.4 is 0 Å². The summed E-state index contributed by atoms with van der Waals surface area (Å²) >= 11 is 0. The molecule has 1 aliphatic heterocycles. The second kappa shape index (κ2) is 4.75. The minimum absolute atomic E-state index is 0.139. The molecule has 0 aromatic carbocycles. The molecule has 0 fully saturated rings. The fraction of sp³-hybridized carbons (Fsp3) is 0.357. The normalized spacial score (nSPS) is 13.8. The van der Waals surface area contributed by atoms with E-state index in [0.717, 1.165) is 30.6 Å². The molecule has 0 unspecified atom stereocenters. The number of hydrogen-bond acceptors (Lipinski definition) is 3. The van der Waals surface area contributed by atoms with Crippen LogP contribution in [-0.2, 0) is 26.2 Å². The largest absolute Gasteiger partial charge is 0.392 e. The van der Waals surface area contributed by atoms with Gasteiger partial charge in [-0.05, 0) is 25.0 Å². The molecule has 100 valence electrons. The number of hydrogen-bond donors (Lipinski definition) is 2. The summed E-state index contributed by atoms with van der Waals surface area (Å²) in [7, 11) is 0. The average Bonchev–Trinajstić information content (AvgIpc) is 2.98. The summed E-state index contributed by atoms with van der Waals surface area (Å²) < 4.78 is 15.9. The van der Waals surface area contributed by atoms with E-state index in [1.165, 1.54) is 18.3 Å². The lowest BCUT2D eigenvalue weighted by Crippen LogP contribution is -2.01. The molecule has 5 heteroatoms. The van der Waals surface area contributed by atoms with E-state index in [0.29, 0.717) is 11.3 Å². The summed E-state index contributed by atoms with van der Waals surface area (Å²) in [5.74, 6) is -0.408. The van der Waals surface area contributed by atoms with Crippen molar-refractivity contribution in [2.24, 2.45) is 0 Å². The van der Waals surface area contributed by atoms with Crippen LogP contribution >= 0.6 is 0 Å². The highest BCUT2D eigenvalue weighted by Crippen LogP contribution is 2.36. The van der Waals surface area contributed by atoms with Crippen molar-refractivity contribution in [2.75, 3.05) is 0 Å². The van der Waals surface area contributed by atoms with Crippen molar-refractivity contribution in [1.82, 2.24) is 9.55 Å². The quantitative estimate of drug-likeness (QED) is 0.883. The molecular weight excluding hydrogens is 247 g/mol. The first-order chi connectivity index (χ1) is 9.27. The molecule has 2 aromatic heterocycles. The monoisotopic (exact) mass is 262 g/mol. The highest BCUT2D eigenvalue weighted by molar-refractivity contribution is 5.65. The zero-order valence-electron chi connectivity index (χ0n) is 10.4. The first-order valence-electron chi connectivity index (χ1n) is 6.33. The van der Waals surface area contributed by atoms with E-state index >= 15 is 0 Å². The third-order valence-electron chi connectivity index (χ3n) is 3.69. The van der Waals surface area contributed by atoms with Gasteiger partial charge in [-0.15, -0.1) is 0 Å². The number of halogens is 1. The maximum Gasteiger partial charge on any atom is 0.151 e. The Hall–Kier alpha value is -1.72. The molecule has 19 heavy (non-hydrogen) atoms. The van der Waals surface area contributed by atoms with Crippen molar-refractivity contribution in [2.45, 2.75) is 32.6 Å². The Morgan fingerprint density at radius 2 is 2.05 bits per heavy atom. The Kier molecular flexibility index (Phi) is 3.08. The molecule has 0 spiro atoms. The van der Waals surface area contributed by atoms with Gasteiger partial charge in [-0.25, -0.2) is 4.39 Å². The molecule has 0 atom stereocenters. The van der Waals surface area contributed by atoms with Crippen molar-refractivity contribution in [3.63, 3.8) is 0 Å². The first-order valence-corrected chi connectivity index (χ1v) is 6.33. The van der Waals surface area contributed by atoms with Crippen molar-refractivity contribution in [1.29, 1.82) is 0 Å². The Morgan fingerprint density at radius 3 is 2.74 bits per heavy atom. The van der Waals surface area contributed by atoms with E-state index in [1.807, 2.05) is 4.57 Å². The van der Waals surface area contributed by atoms with Gasteiger partial charge in [-0.3, -0.25) is 4.98 Å². The van der Waals surface area contributed by atoms with Gasteiger partial charge in [-0.2, -0.15) is 0 Å². The number of rotatable bonds is 3. The summed E-state index contributed by atoms with van der Waals surface area (Å²) in [5, 5.41) is 19.1. The lowest BCUT2D eigenvalue weighted by Gasteiger charge is -2.08. The molecule has 3 rings (SSSR count). The van der Waals surface area contributed by atoms with Gasteiger partial charge in [-0.1, -0.05) is 0 Å². The molecule has 0 aliphatic carbocycles. The molecule has 4 nitrogen and oxygen atoms in total. The summed E-state index contributed by atoms with van der Waals surface area (Å²) in [6.07, 6.45) is 3.35. The van der Waals surface area contributed by atoms with Crippen molar-refractivity contribution < 1.29 is 14.6 Å². The van der Waals surface area contributed by atoms with Crippen LogP contribution in [0, 0.1) is 5.82 Å². The van der Waals surface area contributed by atoms with Crippen LogP contribution in [-0.4, -0.2) is 19.8 Å². The number of nitrogens with zero attached hydrogens (tertiary/aromatic N) is 2. The molecule has 1 aliphatic rings. The van der Waals surface area contributed by atoms with E-state index in [2.05, 4.69) is 4.98 Å². The van der Waals surface area contributed by atoms with E-state index < -0.39 is 5.82 Å². The first kappa shape index (κ1) is 12.3. The minimum Gasteiger partial charge on any atom is -0.392 e. The number of aliphatic hydroxyl groups excluding tert-OH is 2. The van der Waals surface area contributed by atoms with Crippen LogP contribution in [0.5, 0.6) is 0 Å². The van der Waals surface area contributed by atoms with Crippen molar-refractivity contribution >= 4 is 0 Å². The van der Waals surface area contributed by atoms with Crippen LogP contribution in [0.3, 0.4) is 0 Å². The van der Waals surface area contributed by atoms with Gasteiger partial charge in [0, 0.05) is 29.6 Å². The van der Waals surface area contributed by atoms with Crippen molar-refractivity contribution in [3.05, 3.63) is 41.0 Å². The molecule has 3 heterocycles. The average molecular weight is 262 g/mol. The van der Waals surface area contributed by atoms with Gasteiger partial charge < -0.3 is 14.8 Å². The minimum atomic E-state index is -0.408. The van der Waals surface area contributed by atoms with Crippen LogP contribution in [0.2, 0.25) is 0 Å². The molecule has 2 N–H and O–H groups in total. The molecule has 0 saturated carbocycles. The van der Waals surface area contributed by atoms with Gasteiger partial charge in [0.25, 0.3) is 0 Å². The fourth-order valence-corrected chi connectivity index (χ4v) is 2.90. The maximum atomic E-state index is 14.0. The third kappa shape index (κ3) is 1.77. The Labute approximate surface area is 110 Å². The van der Waals surface area contributed by atoms with E-state index in [-0.39, 0.29) is 18.9 Å². The Bertz CT molecular complexity index is 622. The highest BCUT2D eigenvalue weighted by Gasteiger charge is 2.27. The number of fused-ring (bicyclic) bond motifs is 1. The van der Waals surface area contributed by atoms with Gasteiger partial charge in [0.2, 0.25) is 0 Å². The fourth-order valence-electron chi connectivity index (χ4n) is 2.90. The van der Waals surface area contributed by atoms with Crippen LogP contribution in [0.1, 0.15) is 23.2 Å². The van der Waals surface area contributed by atoms with Gasteiger partial charge >= 0.3 is 0 Å². The molecule has 2 aromatic rings. The zero-order chi connectivity index (χ0) is 13.4. The molecule has 0 bridgehead atoms. The smallest absolute Gasteiger partial charge is 0.151 e. The summed E-state index contributed by atoms with van der Waals surface area (Å²) in [6.45, 7) is 0.411. The van der Waals surface area contributed by atoms with Crippen LogP contribution in [0.15, 0.2) is 18.3 Å². The molecule has 0 saturated heterocycles. The Morgan fingerprint density at radius 1 is 1.26 bits per heavy atom. The lowest BCUT2D eigenvalue weighted by atomic mass is 10.1. The number of aromatic nitrogens is 2. The molecule has 0 radical (unpaired) electrons. The SMILES string of the molecule is OCc1c(CO)c(-c2ncccc2F)n2c1CCC2. The molecular formula is C14H15FN2O2. The third-order valence-corrected chi connectivity index (χ3v) is 3.69.